The molecule has 0 aromatic carbocycles. The molecule has 2 nitrogen and oxygen atoms in total. The molecule has 0 unspecified atom stereocenters. The third-order valence-corrected chi connectivity index (χ3v) is 7.79. The number of rotatable bonds is 6. The Morgan fingerprint density at radius 3 is 2.33 bits per heavy atom. The van der Waals surface area contributed by atoms with Crippen molar-refractivity contribution in [3.05, 3.63) is 12.7 Å². The molecule has 0 saturated carbocycles. The Balaban J connectivity index is 3.81. The molecule has 2 N–H and O–H groups in total. The van der Waals surface area contributed by atoms with Gasteiger partial charge in [0.25, 0.3) is 0 Å². The van der Waals surface area contributed by atoms with E-state index >= 15 is 0 Å². The maximum atomic E-state index is 6.04. The van der Waals surface area contributed by atoms with Gasteiger partial charge in [0.1, 0.15) is 0 Å². The van der Waals surface area contributed by atoms with Crippen molar-refractivity contribution in [2.75, 3.05) is 6.61 Å². The number of hydrogen-bond donors (Lipinski definition) is 1. The summed E-state index contributed by atoms with van der Waals surface area (Å²) >= 11 is 0. The zero-order chi connectivity index (χ0) is 12.1. The quantitative estimate of drug-likeness (QED) is 0.431. The van der Waals surface area contributed by atoms with Crippen LogP contribution in [0.15, 0.2) is 12.7 Å². The van der Waals surface area contributed by atoms with Crippen LogP contribution in [-0.2, 0) is 4.43 Å². The lowest BCUT2D eigenvalue weighted by Crippen LogP contribution is -2.41. The zero-order valence-electron chi connectivity index (χ0n) is 11.0. The van der Waals surface area contributed by atoms with Crippen LogP contribution >= 0.6 is 0 Å². The Morgan fingerprint density at radius 1 is 1.40 bits per heavy atom. The lowest BCUT2D eigenvalue weighted by molar-refractivity contribution is 0.277. The molecule has 1 atom stereocenters. The minimum absolute atomic E-state index is 0.119. The fourth-order valence-electron chi connectivity index (χ4n) is 0.981. The largest absolute Gasteiger partial charge is 0.417 e. The van der Waals surface area contributed by atoms with Crippen molar-refractivity contribution in [3.8, 4) is 0 Å². The minimum Gasteiger partial charge on any atom is -0.417 e. The first-order chi connectivity index (χ1) is 6.70. The molecule has 0 radical (unpaired) electrons. The van der Waals surface area contributed by atoms with Gasteiger partial charge in [-0.1, -0.05) is 26.8 Å². The van der Waals surface area contributed by atoms with Gasteiger partial charge in [0.05, 0.1) is 0 Å². The Kier molecular flexibility index (Phi) is 5.78. The molecule has 0 fully saturated rings. The molecule has 0 saturated heterocycles. The smallest absolute Gasteiger partial charge is 0.191 e. The van der Waals surface area contributed by atoms with Crippen molar-refractivity contribution in [1.82, 2.24) is 0 Å². The molecule has 0 spiro atoms. The molecule has 0 rings (SSSR count). The molecule has 0 heterocycles. The van der Waals surface area contributed by atoms with Crippen molar-refractivity contribution in [2.45, 2.75) is 57.8 Å². The first-order valence-electron chi connectivity index (χ1n) is 5.73. The van der Waals surface area contributed by atoms with Crippen LogP contribution in [0.25, 0.3) is 0 Å². The zero-order valence-corrected chi connectivity index (χ0v) is 12.0. The van der Waals surface area contributed by atoms with Gasteiger partial charge in [-0.15, -0.1) is 6.58 Å². The highest BCUT2D eigenvalue weighted by molar-refractivity contribution is 6.74. The topological polar surface area (TPSA) is 35.2 Å². The summed E-state index contributed by atoms with van der Waals surface area (Å²) in [5, 5.41) is 0.299. The molecule has 3 heteroatoms. The second kappa shape index (κ2) is 5.82. The van der Waals surface area contributed by atoms with Crippen molar-refractivity contribution in [2.24, 2.45) is 5.73 Å². The lowest BCUT2D eigenvalue weighted by Gasteiger charge is -2.36. The minimum atomic E-state index is -1.55. The Labute approximate surface area is 96.0 Å². The molecule has 0 aliphatic carbocycles. The van der Waals surface area contributed by atoms with E-state index in [2.05, 4.69) is 40.4 Å². The first kappa shape index (κ1) is 14.9. The van der Waals surface area contributed by atoms with Crippen LogP contribution in [0.1, 0.15) is 33.6 Å². The van der Waals surface area contributed by atoms with Gasteiger partial charge >= 0.3 is 0 Å². The van der Waals surface area contributed by atoms with Crippen molar-refractivity contribution in [3.63, 3.8) is 0 Å². The maximum absolute atomic E-state index is 6.04. The highest BCUT2D eigenvalue weighted by Gasteiger charge is 2.36. The summed E-state index contributed by atoms with van der Waals surface area (Å²) in [6, 6.07) is 0.119. The van der Waals surface area contributed by atoms with Gasteiger partial charge in [-0.05, 0) is 31.0 Å². The molecular formula is C12H27NOSi. The Morgan fingerprint density at radius 2 is 1.93 bits per heavy atom. The van der Waals surface area contributed by atoms with E-state index in [1.165, 1.54) is 0 Å². The van der Waals surface area contributed by atoms with E-state index in [4.69, 9.17) is 10.2 Å². The Bertz CT molecular complexity index is 196. The normalized spacial score (nSPS) is 15.1. The first-order valence-corrected chi connectivity index (χ1v) is 8.63. The van der Waals surface area contributed by atoms with Crippen LogP contribution in [0.4, 0.5) is 0 Å². The predicted molar refractivity (Wildman–Crippen MR) is 70.6 cm³/mol. The van der Waals surface area contributed by atoms with Gasteiger partial charge in [-0.3, -0.25) is 0 Å². The lowest BCUT2D eigenvalue weighted by atomic mass is 10.2. The third kappa shape index (κ3) is 5.49. The van der Waals surface area contributed by atoms with Crippen LogP contribution in [0, 0.1) is 0 Å². The summed E-state index contributed by atoms with van der Waals surface area (Å²) < 4.78 is 6.04. The monoisotopic (exact) mass is 229 g/mol. The summed E-state index contributed by atoms with van der Waals surface area (Å²) in [6.45, 7) is 15.8. The maximum Gasteiger partial charge on any atom is 0.191 e. The second-order valence-corrected chi connectivity index (χ2v) is 10.5. The fourth-order valence-corrected chi connectivity index (χ4v) is 2.07. The molecule has 0 aliphatic rings. The summed E-state index contributed by atoms with van der Waals surface area (Å²) in [5.41, 5.74) is 5.75. The van der Waals surface area contributed by atoms with Crippen molar-refractivity contribution < 1.29 is 4.43 Å². The molecule has 0 bridgehead atoms. The van der Waals surface area contributed by atoms with E-state index < -0.39 is 8.32 Å². The Hall–Kier alpha value is -0.123. The molecular weight excluding hydrogens is 202 g/mol. The SMILES string of the molecule is C=C[C@H](N)CCCO[Si](C)(C)C(C)(C)C. The van der Waals surface area contributed by atoms with E-state index in [0.717, 1.165) is 19.4 Å². The summed E-state index contributed by atoms with van der Waals surface area (Å²) in [6.07, 6.45) is 3.80. The van der Waals surface area contributed by atoms with E-state index in [9.17, 15) is 0 Å². The highest BCUT2D eigenvalue weighted by atomic mass is 28.4. The van der Waals surface area contributed by atoms with Crippen LogP contribution in [0.5, 0.6) is 0 Å². The van der Waals surface area contributed by atoms with Gasteiger partial charge in [-0.2, -0.15) is 0 Å². The van der Waals surface area contributed by atoms with Gasteiger partial charge in [0, 0.05) is 12.6 Å². The molecule has 0 aromatic rings. The highest BCUT2D eigenvalue weighted by Crippen LogP contribution is 2.36. The second-order valence-electron chi connectivity index (χ2n) is 5.65. The van der Waals surface area contributed by atoms with Crippen molar-refractivity contribution >= 4 is 8.32 Å². The molecule has 0 amide bonds. The van der Waals surface area contributed by atoms with E-state index in [0.29, 0.717) is 5.04 Å². The summed E-state index contributed by atoms with van der Waals surface area (Å²) in [7, 11) is -1.55. The molecule has 0 aliphatic heterocycles. The number of hydrogen-bond acceptors (Lipinski definition) is 2. The van der Waals surface area contributed by atoms with Gasteiger partial charge in [0.2, 0.25) is 0 Å². The standard InChI is InChI=1S/C12H27NOSi/c1-7-11(13)9-8-10-14-15(5,6)12(2,3)4/h7,11H,1,8-10,13H2,2-6H3/t11-/m0/s1. The molecule has 90 valence electrons. The number of nitrogens with two attached hydrogens (primary N) is 1. The van der Waals surface area contributed by atoms with E-state index in [1.807, 2.05) is 0 Å². The van der Waals surface area contributed by atoms with Crippen LogP contribution in [0.3, 0.4) is 0 Å². The predicted octanol–water partition coefficient (Wildman–Crippen LogP) is 3.30. The summed E-state index contributed by atoms with van der Waals surface area (Å²) in [4.78, 5) is 0. The van der Waals surface area contributed by atoms with E-state index in [-0.39, 0.29) is 6.04 Å². The summed E-state index contributed by atoms with van der Waals surface area (Å²) in [5.74, 6) is 0. The fraction of sp³-hybridized carbons (Fsp3) is 0.833. The van der Waals surface area contributed by atoms with Crippen LogP contribution < -0.4 is 5.73 Å². The van der Waals surface area contributed by atoms with Gasteiger partial charge in [0.15, 0.2) is 8.32 Å². The molecule has 0 aromatic heterocycles. The van der Waals surface area contributed by atoms with Crippen molar-refractivity contribution in [1.29, 1.82) is 0 Å². The van der Waals surface area contributed by atoms with Crippen LogP contribution in [-0.4, -0.2) is 21.0 Å². The van der Waals surface area contributed by atoms with Gasteiger partial charge < -0.3 is 10.2 Å². The van der Waals surface area contributed by atoms with Crippen LogP contribution in [0.2, 0.25) is 18.1 Å². The average Bonchev–Trinajstić information content (AvgIpc) is 2.10. The average molecular weight is 229 g/mol. The molecule has 15 heavy (non-hydrogen) atoms. The van der Waals surface area contributed by atoms with E-state index in [1.54, 1.807) is 6.08 Å². The third-order valence-electron chi connectivity index (χ3n) is 3.25. The van der Waals surface area contributed by atoms with Gasteiger partial charge in [-0.25, -0.2) is 0 Å².